The molecule has 1 aliphatic heterocycles. The number of hydrogen-bond acceptors (Lipinski definition) is 5. The molecule has 2 heterocycles. The lowest BCUT2D eigenvalue weighted by Gasteiger charge is -2.23. The fraction of sp³-hybridized carbons (Fsp3) is 0.722. The van der Waals surface area contributed by atoms with Crippen molar-refractivity contribution in [3.05, 3.63) is 16.1 Å². The highest BCUT2D eigenvalue weighted by Crippen LogP contribution is 2.14. The first-order chi connectivity index (χ1) is 12.3. The zero-order valence-corrected chi connectivity index (χ0v) is 20.0. The number of carbonyl (C=O) groups excluding carboxylic acids is 1. The molecule has 1 aromatic heterocycles. The molecule has 1 aromatic rings. The van der Waals surface area contributed by atoms with Gasteiger partial charge in [-0.25, -0.2) is 14.8 Å². The average molecular weight is 509 g/mol. The lowest BCUT2D eigenvalue weighted by Crippen LogP contribution is -2.44. The first kappa shape index (κ1) is 23.9. The van der Waals surface area contributed by atoms with E-state index in [-0.39, 0.29) is 36.1 Å². The molecule has 1 fully saturated rings. The van der Waals surface area contributed by atoms with E-state index in [0.717, 1.165) is 49.1 Å². The second-order valence-corrected chi connectivity index (χ2v) is 8.28. The molecule has 0 aliphatic carbocycles. The second-order valence-electron chi connectivity index (χ2n) is 7.33. The van der Waals surface area contributed by atoms with Gasteiger partial charge in [0.25, 0.3) is 0 Å². The van der Waals surface area contributed by atoms with Gasteiger partial charge in [0.15, 0.2) is 5.96 Å². The summed E-state index contributed by atoms with van der Waals surface area (Å²) in [7, 11) is 0. The van der Waals surface area contributed by atoms with E-state index in [1.165, 1.54) is 0 Å². The maximum Gasteiger partial charge on any atom is 0.407 e. The number of alkyl carbamates (subject to hydrolysis) is 1. The lowest BCUT2D eigenvalue weighted by molar-refractivity contribution is 0.0507. The Balaban J connectivity index is 0.00000364. The number of halogens is 1. The molecule has 1 atom stereocenters. The van der Waals surface area contributed by atoms with Gasteiger partial charge in [-0.15, -0.1) is 35.3 Å². The summed E-state index contributed by atoms with van der Waals surface area (Å²) in [6.07, 6.45) is 1.47. The van der Waals surface area contributed by atoms with E-state index in [1.807, 2.05) is 20.8 Å². The van der Waals surface area contributed by atoms with Gasteiger partial charge in [-0.05, 0) is 40.5 Å². The van der Waals surface area contributed by atoms with Crippen LogP contribution in [0.25, 0.3) is 0 Å². The van der Waals surface area contributed by atoms with Crippen LogP contribution in [-0.2, 0) is 17.7 Å². The van der Waals surface area contributed by atoms with Gasteiger partial charge < -0.3 is 20.3 Å². The fourth-order valence-electron chi connectivity index (χ4n) is 2.71. The summed E-state index contributed by atoms with van der Waals surface area (Å²) < 4.78 is 5.34. The molecular formula is C18H32IN5O2S. The number of aromatic nitrogens is 1. The van der Waals surface area contributed by atoms with Crippen molar-refractivity contribution in [1.82, 2.24) is 20.5 Å². The summed E-state index contributed by atoms with van der Waals surface area (Å²) >= 11 is 1.68. The van der Waals surface area contributed by atoms with Crippen LogP contribution in [0.2, 0.25) is 0 Å². The summed E-state index contributed by atoms with van der Waals surface area (Å²) in [6, 6.07) is 0.0691. The molecule has 1 saturated heterocycles. The van der Waals surface area contributed by atoms with Crippen LogP contribution >= 0.6 is 35.3 Å². The highest BCUT2D eigenvalue weighted by Gasteiger charge is 2.27. The Morgan fingerprint density at radius 1 is 1.44 bits per heavy atom. The molecule has 27 heavy (non-hydrogen) atoms. The normalized spacial score (nSPS) is 17.4. The van der Waals surface area contributed by atoms with Gasteiger partial charge >= 0.3 is 6.09 Å². The number of likely N-dealkylation sites (tertiary alicyclic amines) is 1. The smallest absolute Gasteiger partial charge is 0.407 e. The molecule has 0 saturated carbocycles. The topological polar surface area (TPSA) is 78.9 Å². The molecule has 1 aliphatic rings. The zero-order valence-electron chi connectivity index (χ0n) is 16.9. The molecule has 2 rings (SSSR count). The number of amides is 1. The summed E-state index contributed by atoms with van der Waals surface area (Å²) in [5.41, 5.74) is 0.522. The first-order valence-electron chi connectivity index (χ1n) is 9.26. The van der Waals surface area contributed by atoms with Gasteiger partial charge in [-0.2, -0.15) is 0 Å². The summed E-state index contributed by atoms with van der Waals surface area (Å²) in [6.45, 7) is 12.7. The number of guanidine groups is 1. The predicted octanol–water partition coefficient (Wildman–Crippen LogP) is 3.39. The fourth-order valence-corrected chi connectivity index (χ4v) is 3.45. The van der Waals surface area contributed by atoms with E-state index in [2.05, 4.69) is 39.7 Å². The minimum absolute atomic E-state index is 0. The Hall–Kier alpha value is -1.10. The van der Waals surface area contributed by atoms with E-state index < -0.39 is 5.60 Å². The predicted molar refractivity (Wildman–Crippen MR) is 121 cm³/mol. The number of hydrogen-bond donors (Lipinski definition) is 2. The molecule has 0 bridgehead atoms. The molecule has 9 heteroatoms. The zero-order chi connectivity index (χ0) is 19.2. The van der Waals surface area contributed by atoms with Crippen molar-refractivity contribution in [1.29, 1.82) is 0 Å². The Labute approximate surface area is 183 Å². The molecule has 2 N–H and O–H groups in total. The van der Waals surface area contributed by atoms with Crippen LogP contribution in [0.3, 0.4) is 0 Å². The van der Waals surface area contributed by atoms with Crippen LogP contribution in [0.4, 0.5) is 4.79 Å². The summed E-state index contributed by atoms with van der Waals surface area (Å²) in [5, 5.41) is 9.50. The number of rotatable bonds is 5. The van der Waals surface area contributed by atoms with E-state index in [1.54, 1.807) is 11.3 Å². The molecule has 7 nitrogen and oxygen atoms in total. The van der Waals surface area contributed by atoms with Crippen molar-refractivity contribution in [3.8, 4) is 0 Å². The highest BCUT2D eigenvalue weighted by atomic mass is 127. The van der Waals surface area contributed by atoms with Gasteiger partial charge in [0.1, 0.15) is 5.60 Å². The van der Waals surface area contributed by atoms with Crippen LogP contribution in [0, 0.1) is 0 Å². The quantitative estimate of drug-likeness (QED) is 0.362. The van der Waals surface area contributed by atoms with E-state index in [0.29, 0.717) is 6.54 Å². The summed E-state index contributed by atoms with van der Waals surface area (Å²) in [5.74, 6) is 0.868. The van der Waals surface area contributed by atoms with Crippen LogP contribution in [0.1, 0.15) is 51.7 Å². The Bertz CT molecular complexity index is 630. The Morgan fingerprint density at radius 2 is 2.19 bits per heavy atom. The molecule has 154 valence electrons. The minimum atomic E-state index is -0.483. The Morgan fingerprint density at radius 3 is 2.78 bits per heavy atom. The van der Waals surface area contributed by atoms with Crippen molar-refractivity contribution >= 4 is 47.4 Å². The monoisotopic (exact) mass is 509 g/mol. The molecule has 1 amide bonds. The number of nitrogens with one attached hydrogen (secondary N) is 2. The van der Waals surface area contributed by atoms with Crippen LogP contribution < -0.4 is 10.6 Å². The van der Waals surface area contributed by atoms with Gasteiger partial charge in [0.2, 0.25) is 0 Å². The van der Waals surface area contributed by atoms with E-state index in [9.17, 15) is 4.79 Å². The molecule has 0 aromatic carbocycles. The number of ether oxygens (including phenoxy) is 1. The average Bonchev–Trinajstić information content (AvgIpc) is 3.18. The van der Waals surface area contributed by atoms with Gasteiger partial charge in [0, 0.05) is 25.0 Å². The first-order valence-corrected chi connectivity index (χ1v) is 10.1. The number of carbonyl (C=O) groups is 1. The summed E-state index contributed by atoms with van der Waals surface area (Å²) in [4.78, 5) is 23.4. The van der Waals surface area contributed by atoms with Gasteiger partial charge in [0.05, 0.1) is 23.3 Å². The maximum absolute atomic E-state index is 12.0. The van der Waals surface area contributed by atoms with Crippen molar-refractivity contribution in [2.24, 2.45) is 4.99 Å². The number of aliphatic imine (C=N–C) groups is 1. The highest BCUT2D eigenvalue weighted by molar-refractivity contribution is 14.0. The van der Waals surface area contributed by atoms with Gasteiger partial charge in [-0.1, -0.05) is 6.92 Å². The molecule has 0 spiro atoms. The van der Waals surface area contributed by atoms with E-state index >= 15 is 0 Å². The van der Waals surface area contributed by atoms with Crippen LogP contribution in [-0.4, -0.2) is 53.2 Å². The van der Waals surface area contributed by atoms with Crippen molar-refractivity contribution in [2.75, 3.05) is 19.6 Å². The molecule has 0 radical (unpaired) electrons. The third-order valence-corrected chi connectivity index (χ3v) is 4.88. The third kappa shape index (κ3) is 8.20. The molecular weight excluding hydrogens is 477 g/mol. The second kappa shape index (κ2) is 11.0. The van der Waals surface area contributed by atoms with Gasteiger partial charge in [-0.3, -0.25) is 0 Å². The van der Waals surface area contributed by atoms with Crippen molar-refractivity contribution in [2.45, 2.75) is 65.6 Å². The molecule has 1 unspecified atom stereocenters. The Kier molecular flexibility index (Phi) is 9.78. The largest absolute Gasteiger partial charge is 0.444 e. The van der Waals surface area contributed by atoms with Crippen LogP contribution in [0.15, 0.2) is 10.4 Å². The SMILES string of the molecule is CCNC(=NCc1csc(CC)n1)N1CCC(NC(=O)OC(C)(C)C)C1.I. The lowest BCUT2D eigenvalue weighted by atomic mass is 10.2. The number of thiazole rings is 1. The number of aryl methyl sites for hydroxylation is 1. The maximum atomic E-state index is 12.0. The minimum Gasteiger partial charge on any atom is -0.444 e. The van der Waals surface area contributed by atoms with Crippen molar-refractivity contribution < 1.29 is 9.53 Å². The van der Waals surface area contributed by atoms with Crippen molar-refractivity contribution in [3.63, 3.8) is 0 Å². The third-order valence-electron chi connectivity index (χ3n) is 3.84. The number of nitrogens with zero attached hydrogens (tertiary/aromatic N) is 3. The standard InChI is InChI=1S/C18H31N5O2S.HI/c1-6-15-21-14(12-26-15)10-20-16(19-7-2)23-9-8-13(11-23)22-17(24)25-18(3,4)5;/h12-13H,6-11H2,1-5H3,(H,19,20)(H,22,24);1H. The van der Waals surface area contributed by atoms with Crippen LogP contribution in [0.5, 0.6) is 0 Å². The van der Waals surface area contributed by atoms with E-state index in [4.69, 9.17) is 9.73 Å².